The molecule has 0 saturated carbocycles. The highest BCUT2D eigenvalue weighted by Crippen LogP contribution is 2.60. The third-order valence-corrected chi connectivity index (χ3v) is 10.4. The summed E-state index contributed by atoms with van der Waals surface area (Å²) in [6.45, 7) is 7.83. The Morgan fingerprint density at radius 2 is 1.88 bits per heavy atom. The summed E-state index contributed by atoms with van der Waals surface area (Å²) in [4.78, 5) is 58.5. The second kappa shape index (κ2) is 15.8. The first kappa shape index (κ1) is 35.8. The van der Waals surface area contributed by atoms with Gasteiger partial charge in [-0.25, -0.2) is 0 Å². The summed E-state index contributed by atoms with van der Waals surface area (Å²) in [7, 11) is 0. The van der Waals surface area contributed by atoms with Gasteiger partial charge in [-0.2, -0.15) is 0 Å². The first-order chi connectivity index (χ1) is 23.2. The molecule has 10 nitrogen and oxygen atoms in total. The lowest BCUT2D eigenvalue weighted by atomic mass is 9.70. The molecule has 0 aliphatic carbocycles. The molecule has 256 valence electrons. The molecule has 7 atom stereocenters. The van der Waals surface area contributed by atoms with Gasteiger partial charge in [-0.1, -0.05) is 70.0 Å². The molecule has 3 amide bonds. The molecule has 3 saturated heterocycles. The molecule has 2 N–H and O–H groups in total. The van der Waals surface area contributed by atoms with E-state index in [1.54, 1.807) is 41.3 Å². The van der Waals surface area contributed by atoms with Crippen LogP contribution in [0, 0.1) is 11.8 Å². The van der Waals surface area contributed by atoms with E-state index in [9.17, 15) is 24.3 Å². The number of hydrogen-bond donors (Lipinski definition) is 2. The number of anilines is 1. The smallest absolute Gasteiger partial charge is 0.313 e. The zero-order valence-electron chi connectivity index (χ0n) is 26.6. The van der Waals surface area contributed by atoms with Crippen LogP contribution in [-0.4, -0.2) is 82.5 Å². The number of amides is 3. The van der Waals surface area contributed by atoms with E-state index in [2.05, 4.69) is 34.4 Å². The summed E-state index contributed by atoms with van der Waals surface area (Å²) < 4.78 is 12.8. The number of aliphatic hydroxyl groups excluding tert-OH is 1. The molecule has 3 fully saturated rings. The highest BCUT2D eigenvalue weighted by molar-refractivity contribution is 9.09. The number of aliphatic hydroxyl groups is 1. The summed E-state index contributed by atoms with van der Waals surface area (Å²) in [6.07, 6.45) is 3.70. The molecule has 1 unspecified atom stereocenters. The normalized spacial score (nSPS) is 26.1. The quantitative estimate of drug-likeness (QED) is 0.110. The van der Waals surface area contributed by atoms with Gasteiger partial charge in [-0.15, -0.1) is 13.2 Å². The number of nitrogens with one attached hydrogen (secondary N) is 1. The van der Waals surface area contributed by atoms with Crippen molar-refractivity contribution >= 4 is 56.9 Å². The lowest BCUT2D eigenvalue weighted by molar-refractivity contribution is -0.160. The molecule has 3 heterocycles. The molecular formula is C36H41BrClN3O7. The minimum atomic E-state index is -1.30. The van der Waals surface area contributed by atoms with Crippen LogP contribution in [0.1, 0.15) is 43.8 Å². The Morgan fingerprint density at radius 1 is 1.15 bits per heavy atom. The number of alkyl halides is 1. The van der Waals surface area contributed by atoms with Crippen molar-refractivity contribution in [3.05, 3.63) is 90.5 Å². The van der Waals surface area contributed by atoms with Crippen molar-refractivity contribution in [1.82, 2.24) is 10.2 Å². The van der Waals surface area contributed by atoms with Gasteiger partial charge in [-0.05, 0) is 55.5 Å². The second-order valence-electron chi connectivity index (χ2n) is 12.3. The average molecular weight is 743 g/mol. The van der Waals surface area contributed by atoms with Gasteiger partial charge in [0.25, 0.3) is 5.91 Å². The number of esters is 1. The fourth-order valence-electron chi connectivity index (χ4n) is 7.18. The van der Waals surface area contributed by atoms with E-state index in [0.29, 0.717) is 42.0 Å². The molecule has 2 bridgehead atoms. The van der Waals surface area contributed by atoms with E-state index >= 15 is 0 Å². The largest absolute Gasteiger partial charge is 0.455 e. The van der Waals surface area contributed by atoms with Crippen molar-refractivity contribution in [3.8, 4) is 0 Å². The Morgan fingerprint density at radius 3 is 2.54 bits per heavy atom. The summed E-state index contributed by atoms with van der Waals surface area (Å²) >= 11 is 9.84. The number of carbonyl (C=O) groups is 4. The summed E-state index contributed by atoms with van der Waals surface area (Å²) in [5.74, 6) is -3.54. The zero-order chi connectivity index (χ0) is 34.4. The lowest BCUT2D eigenvalue weighted by Crippen LogP contribution is -2.57. The van der Waals surface area contributed by atoms with Crippen molar-refractivity contribution in [1.29, 1.82) is 0 Å². The Kier molecular flexibility index (Phi) is 11.8. The van der Waals surface area contributed by atoms with E-state index in [1.165, 1.54) is 4.90 Å². The van der Waals surface area contributed by atoms with Crippen molar-refractivity contribution in [2.45, 2.75) is 60.8 Å². The number of ether oxygens (including phenoxy) is 2. The molecule has 5 rings (SSSR count). The lowest BCUT2D eigenvalue weighted by Gasteiger charge is -2.37. The number of rotatable bonds is 16. The number of carbonyl (C=O) groups excluding carboxylic acids is 4. The number of halogens is 2. The van der Waals surface area contributed by atoms with Crippen LogP contribution < -0.4 is 10.2 Å². The van der Waals surface area contributed by atoms with Gasteiger partial charge in [0.15, 0.2) is 0 Å². The van der Waals surface area contributed by atoms with Crippen molar-refractivity contribution in [3.63, 3.8) is 0 Å². The predicted molar refractivity (Wildman–Crippen MR) is 185 cm³/mol. The van der Waals surface area contributed by atoms with Crippen LogP contribution in [0.15, 0.2) is 79.9 Å². The maximum atomic E-state index is 14.6. The van der Waals surface area contributed by atoms with Crippen molar-refractivity contribution in [2.24, 2.45) is 11.8 Å². The number of unbranched alkanes of at least 4 members (excludes halogenated alkanes) is 1. The maximum Gasteiger partial charge on any atom is 0.313 e. The van der Waals surface area contributed by atoms with Gasteiger partial charge in [-0.3, -0.25) is 19.2 Å². The highest BCUT2D eigenvalue weighted by atomic mass is 79.9. The Labute approximate surface area is 294 Å². The predicted octanol–water partition coefficient (Wildman–Crippen LogP) is 4.75. The van der Waals surface area contributed by atoms with Crippen molar-refractivity contribution in [2.75, 3.05) is 31.1 Å². The number of hydrogen-bond acceptors (Lipinski definition) is 7. The molecule has 0 aromatic heterocycles. The SMILES string of the molecule is C=CCCC(=O)NC[C@H](OC(=O)[C@@H]1[C@H]2O[C@@]3(CC2Br)[C@H](C(=O)N(CC=C)c2ccc(Cl)cc2)N(CCCCO)C(=O)[C@@H]13)c1ccccc1. The first-order valence-electron chi connectivity index (χ1n) is 16.2. The van der Waals surface area contributed by atoms with E-state index in [4.69, 9.17) is 21.1 Å². The zero-order valence-corrected chi connectivity index (χ0v) is 29.0. The Bertz CT molecular complexity index is 1510. The second-order valence-corrected chi connectivity index (χ2v) is 13.9. The van der Waals surface area contributed by atoms with Crippen LogP contribution in [0.5, 0.6) is 0 Å². The molecule has 0 radical (unpaired) electrons. The van der Waals surface area contributed by atoms with Crippen LogP contribution in [0.25, 0.3) is 0 Å². The average Bonchev–Trinajstić information content (AvgIpc) is 3.68. The van der Waals surface area contributed by atoms with Crippen LogP contribution in [0.3, 0.4) is 0 Å². The van der Waals surface area contributed by atoms with Gasteiger partial charge in [0.1, 0.15) is 17.7 Å². The van der Waals surface area contributed by atoms with Crippen LogP contribution >= 0.6 is 27.5 Å². The molecule has 1 spiro atoms. The highest BCUT2D eigenvalue weighted by Gasteiger charge is 2.77. The minimum absolute atomic E-state index is 0.0392. The monoisotopic (exact) mass is 741 g/mol. The van der Waals surface area contributed by atoms with Crippen LogP contribution in [0.2, 0.25) is 5.02 Å². The molecule has 48 heavy (non-hydrogen) atoms. The third-order valence-electron chi connectivity index (χ3n) is 9.31. The fraction of sp³-hybridized carbons (Fsp3) is 0.444. The molecule has 3 aliphatic rings. The van der Waals surface area contributed by atoms with Gasteiger partial charge in [0, 0.05) is 41.7 Å². The third kappa shape index (κ3) is 7.10. The fourth-order valence-corrected chi connectivity index (χ4v) is 8.24. The molecule has 3 aliphatic heterocycles. The molecule has 2 aromatic carbocycles. The van der Waals surface area contributed by atoms with E-state index in [0.717, 1.165) is 0 Å². The Hall–Kier alpha value is -3.51. The van der Waals surface area contributed by atoms with E-state index in [-0.39, 0.29) is 55.2 Å². The molecule has 12 heteroatoms. The van der Waals surface area contributed by atoms with E-state index < -0.39 is 41.7 Å². The van der Waals surface area contributed by atoms with Gasteiger partial charge in [0.2, 0.25) is 11.8 Å². The number of allylic oxidation sites excluding steroid dienone is 1. The van der Waals surface area contributed by atoms with Crippen LogP contribution in [0.4, 0.5) is 5.69 Å². The molecular weight excluding hydrogens is 702 g/mol. The number of benzene rings is 2. The van der Waals surface area contributed by atoms with Gasteiger partial charge < -0.3 is 29.7 Å². The number of nitrogens with zero attached hydrogens (tertiary/aromatic N) is 2. The van der Waals surface area contributed by atoms with Crippen molar-refractivity contribution < 1.29 is 33.8 Å². The molecule has 2 aromatic rings. The number of fused-ring (bicyclic) bond motifs is 1. The topological polar surface area (TPSA) is 125 Å². The van der Waals surface area contributed by atoms with Crippen LogP contribution in [-0.2, 0) is 28.7 Å². The summed E-state index contributed by atoms with van der Waals surface area (Å²) in [5.41, 5.74) is -0.0433. The number of likely N-dealkylation sites (tertiary alicyclic amines) is 1. The van der Waals surface area contributed by atoms with Gasteiger partial charge in [0.05, 0.1) is 24.5 Å². The van der Waals surface area contributed by atoms with E-state index in [1.807, 2.05) is 30.3 Å². The first-order valence-corrected chi connectivity index (χ1v) is 17.5. The summed E-state index contributed by atoms with van der Waals surface area (Å²) in [6, 6.07) is 14.9. The minimum Gasteiger partial charge on any atom is -0.455 e. The standard InChI is InChI=1S/C36H41BrClN3O7/c1-3-5-13-28(43)39-22-27(23-11-7-6-8-12-23)47-35(46)29-30-33(44)41(19-9-10-20-42)32(36(30)21-26(37)31(29)48-36)34(45)40(18-4-2)25-16-14-24(38)15-17-25/h3-4,6-8,11-12,14-17,26-27,29-32,42H,1-2,5,9-10,13,18-22H2,(H,39,43)/t26?,27-,29-,30+,31-,32-,36+/m0/s1. The summed E-state index contributed by atoms with van der Waals surface area (Å²) in [5, 5.41) is 12.9. The van der Waals surface area contributed by atoms with Gasteiger partial charge >= 0.3 is 5.97 Å². The Balaban J connectivity index is 1.47. The maximum absolute atomic E-state index is 14.6.